The number of benzene rings is 1. The molecule has 1 aromatic carbocycles. The number of hydrogen-bond donors (Lipinski definition) is 1. The molecule has 19 heavy (non-hydrogen) atoms. The summed E-state index contributed by atoms with van der Waals surface area (Å²) in [6.45, 7) is 4.64. The highest BCUT2D eigenvalue weighted by Crippen LogP contribution is 2.13. The second kappa shape index (κ2) is 6.92. The zero-order valence-corrected chi connectivity index (χ0v) is 11.8. The van der Waals surface area contributed by atoms with Gasteiger partial charge in [0.2, 0.25) is 5.91 Å². The Balaban J connectivity index is 2.51. The van der Waals surface area contributed by atoms with Gasteiger partial charge in [-0.15, -0.1) is 0 Å². The summed E-state index contributed by atoms with van der Waals surface area (Å²) in [7, 11) is 1.75. The third-order valence-electron chi connectivity index (χ3n) is 3.11. The summed E-state index contributed by atoms with van der Waals surface area (Å²) in [5, 5.41) is 8.54. The van der Waals surface area contributed by atoms with Crippen molar-refractivity contribution in [1.82, 2.24) is 4.90 Å². The molecule has 1 amide bonds. The van der Waals surface area contributed by atoms with Crippen molar-refractivity contribution in [3.8, 4) is 0 Å². The minimum Gasteiger partial charge on any atom is -0.481 e. The average molecular weight is 263 g/mol. The van der Waals surface area contributed by atoms with E-state index in [0.717, 1.165) is 5.56 Å². The van der Waals surface area contributed by atoms with Crippen molar-refractivity contribution in [2.45, 2.75) is 39.7 Å². The zero-order chi connectivity index (χ0) is 14.4. The van der Waals surface area contributed by atoms with Gasteiger partial charge in [-0.2, -0.15) is 0 Å². The number of carbonyl (C=O) groups excluding carboxylic acids is 1. The Morgan fingerprint density at radius 1 is 1.21 bits per heavy atom. The smallest absolute Gasteiger partial charge is 0.303 e. The molecule has 0 aliphatic carbocycles. The highest BCUT2D eigenvalue weighted by atomic mass is 16.4. The second-order valence-corrected chi connectivity index (χ2v) is 4.93. The van der Waals surface area contributed by atoms with Gasteiger partial charge in [0.1, 0.15) is 0 Å². The molecule has 1 rings (SSSR count). The maximum Gasteiger partial charge on any atom is 0.303 e. The molecular formula is C15H21NO3. The summed E-state index contributed by atoms with van der Waals surface area (Å²) in [6, 6.07) is 6.16. The normalized spacial score (nSPS) is 10.3. The van der Waals surface area contributed by atoms with Crippen molar-refractivity contribution in [1.29, 1.82) is 0 Å². The molecule has 0 saturated carbocycles. The summed E-state index contributed by atoms with van der Waals surface area (Å²) in [5.74, 6) is -0.869. The Bertz CT molecular complexity index is 468. The molecule has 0 atom stereocenters. The third kappa shape index (κ3) is 5.12. The molecular weight excluding hydrogens is 242 g/mol. The number of aliphatic carboxylic acids is 1. The lowest BCUT2D eigenvalue weighted by molar-refractivity contribution is -0.137. The van der Waals surface area contributed by atoms with Crippen LogP contribution in [-0.2, 0) is 16.1 Å². The lowest BCUT2D eigenvalue weighted by atomic mass is 10.1. The fourth-order valence-electron chi connectivity index (χ4n) is 1.95. The van der Waals surface area contributed by atoms with Crippen LogP contribution in [0.15, 0.2) is 18.2 Å². The van der Waals surface area contributed by atoms with Crippen LogP contribution in [0.25, 0.3) is 0 Å². The first-order valence-corrected chi connectivity index (χ1v) is 6.42. The highest BCUT2D eigenvalue weighted by molar-refractivity contribution is 5.76. The molecule has 1 N–H and O–H groups in total. The SMILES string of the molecule is Cc1ccc(CN(C)C(=O)CCCC(=O)O)c(C)c1. The van der Waals surface area contributed by atoms with Gasteiger partial charge in [-0.3, -0.25) is 9.59 Å². The zero-order valence-electron chi connectivity index (χ0n) is 11.8. The summed E-state index contributed by atoms with van der Waals surface area (Å²) in [5.41, 5.74) is 3.50. The monoisotopic (exact) mass is 263 g/mol. The maximum atomic E-state index is 11.8. The number of hydrogen-bond acceptors (Lipinski definition) is 2. The number of carboxylic acids is 1. The molecule has 0 saturated heterocycles. The molecule has 0 heterocycles. The Kier molecular flexibility index (Phi) is 5.55. The van der Waals surface area contributed by atoms with E-state index < -0.39 is 5.97 Å². The van der Waals surface area contributed by atoms with E-state index in [1.807, 2.05) is 26.0 Å². The van der Waals surface area contributed by atoms with Crippen LogP contribution in [0.2, 0.25) is 0 Å². The largest absolute Gasteiger partial charge is 0.481 e. The van der Waals surface area contributed by atoms with Crippen molar-refractivity contribution < 1.29 is 14.7 Å². The van der Waals surface area contributed by atoms with Crippen molar-refractivity contribution in [3.05, 3.63) is 34.9 Å². The van der Waals surface area contributed by atoms with Gasteiger partial charge in [0.25, 0.3) is 0 Å². The van der Waals surface area contributed by atoms with E-state index in [2.05, 4.69) is 6.07 Å². The Hall–Kier alpha value is -1.84. The van der Waals surface area contributed by atoms with Gasteiger partial charge in [0, 0.05) is 26.4 Å². The van der Waals surface area contributed by atoms with Crippen LogP contribution in [0.1, 0.15) is 36.0 Å². The molecule has 0 fully saturated rings. The molecule has 104 valence electrons. The van der Waals surface area contributed by atoms with Gasteiger partial charge in [0.05, 0.1) is 0 Å². The molecule has 4 nitrogen and oxygen atoms in total. The maximum absolute atomic E-state index is 11.8. The van der Waals surface area contributed by atoms with Crippen molar-refractivity contribution >= 4 is 11.9 Å². The molecule has 0 unspecified atom stereocenters. The molecule has 4 heteroatoms. The number of aryl methyl sites for hydroxylation is 2. The summed E-state index contributed by atoms with van der Waals surface area (Å²) in [6.07, 6.45) is 0.724. The second-order valence-electron chi connectivity index (χ2n) is 4.93. The predicted octanol–water partition coefficient (Wildman–Crippen LogP) is 2.52. The van der Waals surface area contributed by atoms with Crippen LogP contribution in [0.3, 0.4) is 0 Å². The van der Waals surface area contributed by atoms with Gasteiger partial charge in [-0.1, -0.05) is 23.8 Å². The molecule has 0 aliphatic heterocycles. The summed E-state index contributed by atoms with van der Waals surface area (Å²) >= 11 is 0. The minimum absolute atomic E-state index is 0.0128. The van der Waals surface area contributed by atoms with E-state index >= 15 is 0 Å². The number of nitrogens with zero attached hydrogens (tertiary/aromatic N) is 1. The third-order valence-corrected chi connectivity index (χ3v) is 3.11. The minimum atomic E-state index is -0.857. The molecule has 0 bridgehead atoms. The summed E-state index contributed by atoms with van der Waals surface area (Å²) in [4.78, 5) is 23.9. The standard InChI is InChI=1S/C15H21NO3/c1-11-7-8-13(12(2)9-11)10-16(3)14(17)5-4-6-15(18)19/h7-9H,4-6,10H2,1-3H3,(H,18,19). The first-order valence-electron chi connectivity index (χ1n) is 6.42. The van der Waals surface area contributed by atoms with E-state index in [4.69, 9.17) is 5.11 Å². The first kappa shape index (κ1) is 15.2. The molecule has 1 aromatic rings. The van der Waals surface area contributed by atoms with Gasteiger partial charge in [0.15, 0.2) is 0 Å². The number of carboxylic acid groups (broad SMARTS) is 1. The first-order chi connectivity index (χ1) is 8.90. The van der Waals surface area contributed by atoms with Crippen LogP contribution >= 0.6 is 0 Å². The fraction of sp³-hybridized carbons (Fsp3) is 0.467. The van der Waals surface area contributed by atoms with E-state index in [0.29, 0.717) is 13.0 Å². The number of rotatable bonds is 6. The lowest BCUT2D eigenvalue weighted by Crippen LogP contribution is -2.26. The van der Waals surface area contributed by atoms with Gasteiger partial charge in [-0.05, 0) is 31.4 Å². The molecule has 0 radical (unpaired) electrons. The number of carbonyl (C=O) groups is 2. The predicted molar refractivity (Wildman–Crippen MR) is 73.9 cm³/mol. The van der Waals surface area contributed by atoms with Crippen molar-refractivity contribution in [3.63, 3.8) is 0 Å². The number of amides is 1. The topological polar surface area (TPSA) is 57.6 Å². The Morgan fingerprint density at radius 2 is 1.89 bits per heavy atom. The Labute approximate surface area is 114 Å². The highest BCUT2D eigenvalue weighted by Gasteiger charge is 2.11. The van der Waals surface area contributed by atoms with Crippen LogP contribution in [0.4, 0.5) is 0 Å². The summed E-state index contributed by atoms with van der Waals surface area (Å²) < 4.78 is 0. The van der Waals surface area contributed by atoms with Crippen LogP contribution in [0, 0.1) is 13.8 Å². The fourth-order valence-corrected chi connectivity index (χ4v) is 1.95. The van der Waals surface area contributed by atoms with Crippen LogP contribution in [-0.4, -0.2) is 28.9 Å². The Morgan fingerprint density at radius 3 is 2.47 bits per heavy atom. The van der Waals surface area contributed by atoms with Gasteiger partial charge < -0.3 is 10.0 Å². The average Bonchev–Trinajstić information content (AvgIpc) is 2.32. The molecule has 0 aliphatic rings. The van der Waals surface area contributed by atoms with Crippen LogP contribution in [0.5, 0.6) is 0 Å². The van der Waals surface area contributed by atoms with E-state index in [-0.39, 0.29) is 18.7 Å². The van der Waals surface area contributed by atoms with E-state index in [1.54, 1.807) is 11.9 Å². The van der Waals surface area contributed by atoms with Gasteiger partial charge >= 0.3 is 5.97 Å². The van der Waals surface area contributed by atoms with E-state index in [9.17, 15) is 9.59 Å². The van der Waals surface area contributed by atoms with Crippen molar-refractivity contribution in [2.24, 2.45) is 0 Å². The van der Waals surface area contributed by atoms with E-state index in [1.165, 1.54) is 11.1 Å². The van der Waals surface area contributed by atoms with Crippen LogP contribution < -0.4 is 0 Å². The molecule has 0 aromatic heterocycles. The van der Waals surface area contributed by atoms with Gasteiger partial charge in [-0.25, -0.2) is 0 Å². The quantitative estimate of drug-likeness (QED) is 0.858. The van der Waals surface area contributed by atoms with Crippen molar-refractivity contribution in [2.75, 3.05) is 7.05 Å². The molecule has 0 spiro atoms. The lowest BCUT2D eigenvalue weighted by Gasteiger charge is -2.18.